The first kappa shape index (κ1) is 14.1. The topological polar surface area (TPSA) is 64.2 Å². The van der Waals surface area contributed by atoms with Crippen LogP contribution in [0.3, 0.4) is 0 Å². The van der Waals surface area contributed by atoms with Gasteiger partial charge in [-0.25, -0.2) is 4.98 Å². The third-order valence-corrected chi connectivity index (χ3v) is 3.64. The molecule has 1 aromatic rings. The summed E-state index contributed by atoms with van der Waals surface area (Å²) in [4.78, 5) is 18.8. The molecule has 0 radical (unpaired) electrons. The molecule has 0 bridgehead atoms. The zero-order valence-corrected chi connectivity index (χ0v) is 12.1. The molecule has 0 aliphatic heterocycles. The number of aromatic nitrogens is 2. The van der Waals surface area contributed by atoms with Crippen LogP contribution in [0.15, 0.2) is 17.2 Å². The molecule has 2 rings (SSSR count). The fraction of sp³-hybridized carbons (Fsp3) is 0.714. The molecule has 0 aromatic carbocycles. The van der Waals surface area contributed by atoms with E-state index in [2.05, 4.69) is 18.8 Å². The summed E-state index contributed by atoms with van der Waals surface area (Å²) in [5.74, 6) is 0.554. The second-order valence-electron chi connectivity index (χ2n) is 6.08. The Hall–Kier alpha value is -1.36. The highest BCUT2D eigenvalue weighted by molar-refractivity contribution is 5.36. The van der Waals surface area contributed by atoms with Crippen molar-refractivity contribution in [1.29, 1.82) is 0 Å². The van der Waals surface area contributed by atoms with Crippen LogP contribution in [0.4, 0.5) is 5.82 Å². The summed E-state index contributed by atoms with van der Waals surface area (Å²) in [7, 11) is 0. The number of rotatable bonds is 6. The molecule has 5 nitrogen and oxygen atoms in total. The number of anilines is 1. The van der Waals surface area contributed by atoms with E-state index in [-0.39, 0.29) is 11.0 Å². The molecule has 0 unspecified atom stereocenters. The smallest absolute Gasteiger partial charge is 0.293 e. The van der Waals surface area contributed by atoms with E-state index < -0.39 is 0 Å². The first-order valence-corrected chi connectivity index (χ1v) is 7.00. The average molecular weight is 264 g/mol. The summed E-state index contributed by atoms with van der Waals surface area (Å²) < 4.78 is 1.82. The Balaban J connectivity index is 2.28. The minimum atomic E-state index is -0.0234. The van der Waals surface area contributed by atoms with Crippen molar-refractivity contribution in [3.05, 3.63) is 22.7 Å². The second-order valence-corrected chi connectivity index (χ2v) is 6.08. The Kier molecular flexibility index (Phi) is 3.94. The summed E-state index contributed by atoms with van der Waals surface area (Å²) in [5.41, 5.74) is 5.79. The lowest BCUT2D eigenvalue weighted by Crippen LogP contribution is -2.42. The van der Waals surface area contributed by atoms with Crippen molar-refractivity contribution in [1.82, 2.24) is 9.55 Å². The fourth-order valence-electron chi connectivity index (χ4n) is 2.19. The van der Waals surface area contributed by atoms with E-state index in [0.717, 1.165) is 25.9 Å². The predicted octanol–water partition coefficient (Wildman–Crippen LogP) is 1.39. The first-order chi connectivity index (χ1) is 8.98. The molecule has 106 valence electrons. The molecule has 1 aliphatic rings. The maximum Gasteiger partial charge on any atom is 0.293 e. The normalized spacial score (nSPS) is 15.6. The van der Waals surface area contributed by atoms with E-state index in [1.807, 2.05) is 16.4 Å². The maximum atomic E-state index is 12.5. The number of nitrogens with zero attached hydrogens (tertiary/aromatic N) is 3. The van der Waals surface area contributed by atoms with E-state index in [0.29, 0.717) is 18.4 Å². The summed E-state index contributed by atoms with van der Waals surface area (Å²) in [5, 5.41) is 0. The van der Waals surface area contributed by atoms with Gasteiger partial charge in [-0.3, -0.25) is 4.79 Å². The Morgan fingerprint density at radius 2 is 2.21 bits per heavy atom. The van der Waals surface area contributed by atoms with Crippen LogP contribution < -0.4 is 16.2 Å². The first-order valence-electron chi connectivity index (χ1n) is 7.00. The van der Waals surface area contributed by atoms with Crippen molar-refractivity contribution in [2.45, 2.75) is 39.7 Å². The number of hydrogen-bond donors (Lipinski definition) is 1. The molecule has 1 aromatic heterocycles. The van der Waals surface area contributed by atoms with E-state index >= 15 is 0 Å². The zero-order chi connectivity index (χ0) is 14.0. The van der Waals surface area contributed by atoms with Gasteiger partial charge < -0.3 is 15.2 Å². The van der Waals surface area contributed by atoms with Gasteiger partial charge in [-0.2, -0.15) is 0 Å². The molecule has 2 N–H and O–H groups in total. The molecule has 0 spiro atoms. The van der Waals surface area contributed by atoms with Gasteiger partial charge in [0.2, 0.25) is 0 Å². The van der Waals surface area contributed by atoms with Crippen LogP contribution in [0.1, 0.15) is 39.7 Å². The summed E-state index contributed by atoms with van der Waals surface area (Å²) in [6.45, 7) is 8.36. The van der Waals surface area contributed by atoms with Gasteiger partial charge in [-0.05, 0) is 31.7 Å². The lowest BCUT2D eigenvalue weighted by Gasteiger charge is -2.31. The summed E-state index contributed by atoms with van der Waals surface area (Å²) in [6, 6.07) is 0.385. The molecule has 1 aliphatic carbocycles. The molecule has 1 heterocycles. The quantitative estimate of drug-likeness (QED) is 0.843. The van der Waals surface area contributed by atoms with Crippen LogP contribution in [-0.2, 0) is 0 Å². The van der Waals surface area contributed by atoms with E-state index in [1.54, 1.807) is 12.4 Å². The molecule has 1 saturated carbocycles. The van der Waals surface area contributed by atoms with Crippen LogP contribution in [0, 0.1) is 5.41 Å². The van der Waals surface area contributed by atoms with Crippen molar-refractivity contribution in [3.8, 4) is 0 Å². The minimum absolute atomic E-state index is 0.0234. The average Bonchev–Trinajstić information content (AvgIpc) is 3.21. The highest BCUT2D eigenvalue weighted by Crippen LogP contribution is 2.33. The molecule has 5 heteroatoms. The molecule has 19 heavy (non-hydrogen) atoms. The van der Waals surface area contributed by atoms with Gasteiger partial charge in [0, 0.05) is 31.5 Å². The molecule has 1 fully saturated rings. The van der Waals surface area contributed by atoms with Gasteiger partial charge in [-0.1, -0.05) is 13.8 Å². The largest absolute Gasteiger partial charge is 0.352 e. The molecule has 0 amide bonds. The zero-order valence-electron chi connectivity index (χ0n) is 12.1. The van der Waals surface area contributed by atoms with Crippen LogP contribution in [-0.4, -0.2) is 29.2 Å². The highest BCUT2D eigenvalue weighted by Gasteiger charge is 2.27. The van der Waals surface area contributed by atoms with E-state index in [9.17, 15) is 4.79 Å². The Morgan fingerprint density at radius 3 is 2.74 bits per heavy atom. The molecular formula is C14H24N4O. The Bertz CT molecular complexity index is 490. The summed E-state index contributed by atoms with van der Waals surface area (Å²) >= 11 is 0. The van der Waals surface area contributed by atoms with Gasteiger partial charge in [0.1, 0.15) is 0 Å². The third kappa shape index (κ3) is 3.15. The van der Waals surface area contributed by atoms with Gasteiger partial charge in [0.25, 0.3) is 5.56 Å². The van der Waals surface area contributed by atoms with Crippen molar-refractivity contribution < 1.29 is 0 Å². The Labute approximate surface area is 114 Å². The van der Waals surface area contributed by atoms with Gasteiger partial charge in [0.15, 0.2) is 5.82 Å². The standard InChI is InChI=1S/C14H24N4O/c1-4-17(10-14(2,3)9-15)12-13(19)18(8-7-16-12)11-5-6-11/h7-8,11H,4-6,9-10,15H2,1-3H3. The predicted molar refractivity (Wildman–Crippen MR) is 77.5 cm³/mol. The fourth-order valence-corrected chi connectivity index (χ4v) is 2.19. The lowest BCUT2D eigenvalue weighted by atomic mass is 9.93. The van der Waals surface area contributed by atoms with Crippen molar-refractivity contribution in [2.75, 3.05) is 24.5 Å². The number of hydrogen-bond acceptors (Lipinski definition) is 4. The molecule has 0 atom stereocenters. The lowest BCUT2D eigenvalue weighted by molar-refractivity contribution is 0.378. The van der Waals surface area contributed by atoms with Crippen molar-refractivity contribution >= 4 is 5.82 Å². The Morgan fingerprint density at radius 1 is 1.53 bits per heavy atom. The highest BCUT2D eigenvalue weighted by atomic mass is 16.1. The maximum absolute atomic E-state index is 12.5. The molecular weight excluding hydrogens is 240 g/mol. The van der Waals surface area contributed by atoms with Gasteiger partial charge >= 0.3 is 0 Å². The monoisotopic (exact) mass is 264 g/mol. The van der Waals surface area contributed by atoms with Crippen LogP contribution in [0.2, 0.25) is 0 Å². The summed E-state index contributed by atoms with van der Waals surface area (Å²) in [6.07, 6.45) is 5.73. The van der Waals surface area contributed by atoms with Crippen LogP contribution >= 0.6 is 0 Å². The van der Waals surface area contributed by atoms with E-state index in [1.165, 1.54) is 0 Å². The van der Waals surface area contributed by atoms with Crippen LogP contribution in [0.25, 0.3) is 0 Å². The van der Waals surface area contributed by atoms with Crippen molar-refractivity contribution in [3.63, 3.8) is 0 Å². The van der Waals surface area contributed by atoms with Crippen LogP contribution in [0.5, 0.6) is 0 Å². The SMILES string of the molecule is CCN(CC(C)(C)CN)c1nccn(C2CC2)c1=O. The number of nitrogens with two attached hydrogens (primary N) is 1. The van der Waals surface area contributed by atoms with Gasteiger partial charge in [-0.15, -0.1) is 0 Å². The van der Waals surface area contributed by atoms with Gasteiger partial charge in [0.05, 0.1) is 0 Å². The van der Waals surface area contributed by atoms with E-state index in [4.69, 9.17) is 5.73 Å². The molecule has 0 saturated heterocycles. The minimum Gasteiger partial charge on any atom is -0.352 e. The third-order valence-electron chi connectivity index (χ3n) is 3.64. The second kappa shape index (κ2) is 5.33. The van der Waals surface area contributed by atoms with Crippen molar-refractivity contribution in [2.24, 2.45) is 11.1 Å².